The molecular weight excluding hydrogens is 519 g/mol. The lowest BCUT2D eigenvalue weighted by atomic mass is 10.1. The van der Waals surface area contributed by atoms with Crippen LogP contribution in [0.5, 0.6) is 5.75 Å². The molecule has 0 bridgehead atoms. The van der Waals surface area contributed by atoms with Gasteiger partial charge in [0.15, 0.2) is 5.16 Å². The van der Waals surface area contributed by atoms with Crippen LogP contribution in [0.3, 0.4) is 0 Å². The molecule has 1 heterocycles. The zero-order chi connectivity index (χ0) is 25.8. The fourth-order valence-corrected chi connectivity index (χ4v) is 5.12. The number of halogens is 2. The van der Waals surface area contributed by atoms with Gasteiger partial charge in [0, 0.05) is 10.6 Å². The molecule has 1 aromatic heterocycles. The molecule has 1 atom stereocenters. The average Bonchev–Trinajstić information content (AvgIpc) is 3.21. The summed E-state index contributed by atoms with van der Waals surface area (Å²) in [5.74, 6) is 1.36. The molecule has 4 aromatic rings. The Morgan fingerprint density at radius 1 is 0.972 bits per heavy atom. The van der Waals surface area contributed by atoms with Crippen molar-refractivity contribution in [3.63, 3.8) is 0 Å². The van der Waals surface area contributed by atoms with E-state index in [1.165, 1.54) is 17.3 Å². The summed E-state index contributed by atoms with van der Waals surface area (Å²) in [5, 5.41) is 21.1. The van der Waals surface area contributed by atoms with Gasteiger partial charge in [0.25, 0.3) is 0 Å². The Bertz CT molecular complexity index is 1390. The van der Waals surface area contributed by atoms with Gasteiger partial charge < -0.3 is 4.74 Å². The molecule has 0 amide bonds. The third kappa shape index (κ3) is 6.19. The second-order valence-corrected chi connectivity index (χ2v) is 10.3. The Labute approximate surface area is 223 Å². The summed E-state index contributed by atoms with van der Waals surface area (Å²) in [5.41, 5.74) is 4.94. The zero-order valence-electron chi connectivity index (χ0n) is 19.9. The van der Waals surface area contributed by atoms with Crippen LogP contribution >= 0.6 is 35.0 Å². The minimum Gasteiger partial charge on any atom is -0.489 e. The van der Waals surface area contributed by atoms with Crippen molar-refractivity contribution >= 4 is 35.0 Å². The highest BCUT2D eigenvalue weighted by atomic mass is 35.5. The summed E-state index contributed by atoms with van der Waals surface area (Å²) in [4.78, 5) is 11.2. The molecule has 0 aliphatic heterocycles. The van der Waals surface area contributed by atoms with Crippen LogP contribution in [0.4, 0.5) is 0 Å². The Morgan fingerprint density at radius 3 is 2.39 bits per heavy atom. The molecule has 0 radical (unpaired) electrons. The van der Waals surface area contributed by atoms with Crippen molar-refractivity contribution in [1.29, 1.82) is 0 Å². The quantitative estimate of drug-likeness (QED) is 0.126. The van der Waals surface area contributed by atoms with E-state index >= 15 is 0 Å². The number of thioether (sulfide) groups is 1. The average molecular weight is 543 g/mol. The van der Waals surface area contributed by atoms with E-state index in [2.05, 4.69) is 23.2 Å². The van der Waals surface area contributed by atoms with Gasteiger partial charge in [0.1, 0.15) is 23.4 Å². The Morgan fingerprint density at radius 2 is 1.72 bits per heavy atom. The number of aromatic nitrogens is 3. The molecule has 0 aliphatic rings. The van der Waals surface area contributed by atoms with Crippen LogP contribution in [0.1, 0.15) is 33.3 Å². The lowest BCUT2D eigenvalue weighted by Crippen LogP contribution is -2.11. The molecular formula is C26H24Cl2N4O3S. The lowest BCUT2D eigenvalue weighted by Gasteiger charge is -2.15. The highest BCUT2D eigenvalue weighted by Gasteiger charge is 2.24. The van der Waals surface area contributed by atoms with Crippen LogP contribution in [0.25, 0.3) is 5.69 Å². The molecule has 0 fully saturated rings. The molecule has 36 heavy (non-hydrogen) atoms. The number of aryl methyl sites for hydroxylation is 3. The standard InChI is InChI=1S/C26H24Cl2N4O3S/c1-16-4-8-21(12-17(16)2)32-18(3)29-30-26(32)36-25(14-31(33)34)20-6-9-22(10-7-20)35-15-19-5-11-23(27)24(28)13-19/h4-13,25H,14-15H2,1-3H3/t25-/m0/s1. The van der Waals surface area contributed by atoms with Crippen molar-refractivity contribution in [2.75, 3.05) is 6.54 Å². The number of benzene rings is 3. The highest BCUT2D eigenvalue weighted by Crippen LogP contribution is 2.37. The van der Waals surface area contributed by atoms with Gasteiger partial charge in [-0.15, -0.1) is 10.2 Å². The maximum absolute atomic E-state index is 11.5. The van der Waals surface area contributed by atoms with Gasteiger partial charge >= 0.3 is 0 Å². The largest absolute Gasteiger partial charge is 0.489 e. The Hall–Kier alpha value is -3.07. The monoisotopic (exact) mass is 542 g/mol. The molecule has 0 N–H and O–H groups in total. The first kappa shape index (κ1) is 26.0. The molecule has 0 aliphatic carbocycles. The molecule has 0 saturated heterocycles. The SMILES string of the molecule is Cc1ccc(-n2c(C)nnc2S[C@@H](C[N+](=O)[O-])c2ccc(OCc3ccc(Cl)c(Cl)c3)cc2)cc1C. The van der Waals surface area contributed by atoms with E-state index in [4.69, 9.17) is 27.9 Å². The molecule has 0 spiro atoms. The van der Waals surface area contributed by atoms with E-state index in [0.717, 1.165) is 22.4 Å². The van der Waals surface area contributed by atoms with Gasteiger partial charge in [-0.3, -0.25) is 14.7 Å². The van der Waals surface area contributed by atoms with Crippen molar-refractivity contribution in [2.45, 2.75) is 37.8 Å². The number of hydrogen-bond acceptors (Lipinski definition) is 6. The molecule has 186 valence electrons. The predicted octanol–water partition coefficient (Wildman–Crippen LogP) is 7.19. The third-order valence-electron chi connectivity index (χ3n) is 5.75. The molecule has 10 heteroatoms. The number of hydrogen-bond donors (Lipinski definition) is 0. The zero-order valence-corrected chi connectivity index (χ0v) is 22.3. The van der Waals surface area contributed by atoms with Crippen LogP contribution in [0, 0.1) is 30.9 Å². The minimum atomic E-state index is -0.460. The topological polar surface area (TPSA) is 83.1 Å². The Kier molecular flexibility index (Phi) is 8.18. The van der Waals surface area contributed by atoms with Crippen molar-refractivity contribution < 1.29 is 9.66 Å². The molecule has 7 nitrogen and oxygen atoms in total. The van der Waals surface area contributed by atoms with Gasteiger partial charge in [0.05, 0.1) is 10.0 Å². The smallest absolute Gasteiger partial charge is 0.220 e. The van der Waals surface area contributed by atoms with Crippen LogP contribution in [-0.2, 0) is 6.61 Å². The summed E-state index contributed by atoms with van der Waals surface area (Å²) in [7, 11) is 0. The van der Waals surface area contributed by atoms with Crippen molar-refractivity contribution in [3.05, 3.63) is 109 Å². The summed E-state index contributed by atoms with van der Waals surface area (Å²) < 4.78 is 7.78. The second-order valence-electron chi connectivity index (χ2n) is 8.36. The van der Waals surface area contributed by atoms with Gasteiger partial charge in [0.2, 0.25) is 6.54 Å². The Balaban J connectivity index is 1.53. The van der Waals surface area contributed by atoms with Crippen LogP contribution in [-0.4, -0.2) is 26.2 Å². The van der Waals surface area contributed by atoms with Crippen LogP contribution in [0.15, 0.2) is 65.8 Å². The minimum absolute atomic E-state index is 0.257. The summed E-state index contributed by atoms with van der Waals surface area (Å²) >= 11 is 13.4. The summed E-state index contributed by atoms with van der Waals surface area (Å²) in [6, 6.07) is 18.7. The molecule has 0 saturated carbocycles. The predicted molar refractivity (Wildman–Crippen MR) is 143 cm³/mol. The van der Waals surface area contributed by atoms with Crippen LogP contribution < -0.4 is 4.74 Å². The summed E-state index contributed by atoms with van der Waals surface area (Å²) in [6.45, 7) is 6.04. The fourth-order valence-electron chi connectivity index (χ4n) is 3.63. The number of nitro groups is 1. The van der Waals surface area contributed by atoms with E-state index < -0.39 is 5.25 Å². The van der Waals surface area contributed by atoms with Crippen molar-refractivity contribution in [1.82, 2.24) is 14.8 Å². The van der Waals surface area contributed by atoms with E-state index in [0.29, 0.717) is 33.4 Å². The first-order valence-electron chi connectivity index (χ1n) is 11.2. The normalized spacial score (nSPS) is 11.9. The molecule has 3 aromatic carbocycles. The molecule has 4 rings (SSSR count). The third-order valence-corrected chi connectivity index (χ3v) is 7.67. The number of nitrogens with zero attached hydrogens (tertiary/aromatic N) is 4. The van der Waals surface area contributed by atoms with E-state index in [1.807, 2.05) is 48.7 Å². The van der Waals surface area contributed by atoms with Crippen molar-refractivity contribution in [3.8, 4) is 11.4 Å². The number of rotatable bonds is 9. The second kappa shape index (κ2) is 11.3. The highest BCUT2D eigenvalue weighted by molar-refractivity contribution is 7.99. The summed E-state index contributed by atoms with van der Waals surface area (Å²) in [6.07, 6.45) is 0. The number of ether oxygens (including phenoxy) is 1. The first-order valence-corrected chi connectivity index (χ1v) is 12.8. The van der Waals surface area contributed by atoms with Gasteiger partial charge in [-0.05, 0) is 79.4 Å². The first-order chi connectivity index (χ1) is 17.2. The van der Waals surface area contributed by atoms with E-state index in [-0.39, 0.29) is 11.5 Å². The van der Waals surface area contributed by atoms with Crippen molar-refractivity contribution in [2.24, 2.45) is 0 Å². The van der Waals surface area contributed by atoms with E-state index in [9.17, 15) is 10.1 Å². The van der Waals surface area contributed by atoms with Gasteiger partial charge in [-0.2, -0.15) is 0 Å². The maximum Gasteiger partial charge on any atom is 0.220 e. The van der Waals surface area contributed by atoms with E-state index in [1.54, 1.807) is 24.3 Å². The molecule has 0 unspecified atom stereocenters. The fraction of sp³-hybridized carbons (Fsp3) is 0.231. The maximum atomic E-state index is 11.5. The van der Waals surface area contributed by atoms with Gasteiger partial charge in [-0.25, -0.2) is 0 Å². The lowest BCUT2D eigenvalue weighted by molar-refractivity contribution is -0.479. The van der Waals surface area contributed by atoms with Crippen LogP contribution in [0.2, 0.25) is 10.0 Å². The van der Waals surface area contributed by atoms with Gasteiger partial charge in [-0.1, -0.05) is 59.2 Å².